The van der Waals surface area contributed by atoms with Crippen molar-refractivity contribution in [3.05, 3.63) is 60.2 Å². The normalized spacial score (nSPS) is 15.1. The molecule has 172 valence electrons. The number of hydrogen-bond donors (Lipinski definition) is 1. The van der Waals surface area contributed by atoms with Crippen molar-refractivity contribution in [3.63, 3.8) is 0 Å². The summed E-state index contributed by atoms with van der Waals surface area (Å²) in [6.07, 6.45) is 6.18. The lowest BCUT2D eigenvalue weighted by Gasteiger charge is -2.32. The van der Waals surface area contributed by atoms with Crippen LogP contribution in [0.5, 0.6) is 5.75 Å². The fourth-order valence-corrected chi connectivity index (χ4v) is 4.94. The van der Waals surface area contributed by atoms with E-state index in [1.807, 2.05) is 61.5 Å². The minimum Gasteiger partial charge on any atom is -0.497 e. The maximum Gasteiger partial charge on any atom is 0.243 e. The molecule has 3 rings (SSSR count). The Balaban J connectivity index is 1.74. The molecule has 0 aliphatic heterocycles. The van der Waals surface area contributed by atoms with Crippen LogP contribution in [0.25, 0.3) is 0 Å². The van der Waals surface area contributed by atoms with Crippen molar-refractivity contribution in [1.29, 1.82) is 0 Å². The Kier molecular flexibility index (Phi) is 9.47. The highest BCUT2D eigenvalue weighted by molar-refractivity contribution is 8.00. The summed E-state index contributed by atoms with van der Waals surface area (Å²) in [5, 5.41) is 3.22. The van der Waals surface area contributed by atoms with Gasteiger partial charge in [-0.25, -0.2) is 0 Å². The number of thioether (sulfide) groups is 1. The molecule has 0 aromatic heterocycles. The van der Waals surface area contributed by atoms with Crippen LogP contribution in [-0.2, 0) is 16.1 Å². The van der Waals surface area contributed by atoms with Gasteiger partial charge in [-0.15, -0.1) is 11.8 Å². The van der Waals surface area contributed by atoms with Crippen LogP contribution in [0.1, 0.15) is 51.0 Å². The zero-order valence-corrected chi connectivity index (χ0v) is 19.9. The second-order valence-electron chi connectivity index (χ2n) is 8.24. The molecule has 1 aliphatic rings. The summed E-state index contributed by atoms with van der Waals surface area (Å²) in [5.74, 6) is 1.01. The van der Waals surface area contributed by atoms with Crippen LogP contribution < -0.4 is 10.1 Å². The van der Waals surface area contributed by atoms with Crippen LogP contribution >= 0.6 is 11.8 Å². The number of methoxy groups -OCH3 is 1. The second-order valence-corrected chi connectivity index (χ2v) is 9.29. The first-order valence-corrected chi connectivity index (χ1v) is 12.5. The van der Waals surface area contributed by atoms with Crippen molar-refractivity contribution in [2.75, 3.05) is 12.9 Å². The number of rotatable bonds is 10. The molecule has 0 saturated heterocycles. The van der Waals surface area contributed by atoms with Crippen molar-refractivity contribution in [3.8, 4) is 5.75 Å². The summed E-state index contributed by atoms with van der Waals surface area (Å²) in [7, 11) is 1.63. The van der Waals surface area contributed by atoms with E-state index in [-0.39, 0.29) is 17.9 Å². The van der Waals surface area contributed by atoms with Gasteiger partial charge in [0.15, 0.2) is 0 Å². The molecule has 1 atom stereocenters. The number of hydrogen-bond acceptors (Lipinski definition) is 4. The van der Waals surface area contributed by atoms with Gasteiger partial charge in [0.1, 0.15) is 11.8 Å². The fraction of sp³-hybridized carbons (Fsp3) is 0.462. The van der Waals surface area contributed by atoms with Crippen LogP contribution in [0, 0.1) is 0 Å². The van der Waals surface area contributed by atoms with Crippen molar-refractivity contribution in [2.24, 2.45) is 0 Å². The van der Waals surface area contributed by atoms with Crippen molar-refractivity contribution < 1.29 is 14.3 Å². The zero-order chi connectivity index (χ0) is 22.8. The van der Waals surface area contributed by atoms with E-state index in [4.69, 9.17) is 4.74 Å². The van der Waals surface area contributed by atoms with Gasteiger partial charge in [0, 0.05) is 17.5 Å². The van der Waals surface area contributed by atoms with Crippen molar-refractivity contribution in [1.82, 2.24) is 10.2 Å². The van der Waals surface area contributed by atoms with Crippen LogP contribution in [0.4, 0.5) is 0 Å². The molecule has 2 aromatic carbocycles. The highest BCUT2D eigenvalue weighted by atomic mass is 32.2. The zero-order valence-electron chi connectivity index (χ0n) is 19.1. The average molecular weight is 455 g/mol. The highest BCUT2D eigenvalue weighted by Gasteiger charge is 2.30. The number of ether oxygens (including phenoxy) is 1. The first-order valence-electron chi connectivity index (χ1n) is 11.5. The molecule has 1 saturated carbocycles. The Hall–Kier alpha value is -2.47. The minimum atomic E-state index is -0.483. The van der Waals surface area contributed by atoms with Crippen LogP contribution in [0.3, 0.4) is 0 Å². The lowest BCUT2D eigenvalue weighted by molar-refractivity contribution is -0.139. The van der Waals surface area contributed by atoms with E-state index >= 15 is 0 Å². The lowest BCUT2D eigenvalue weighted by Crippen LogP contribution is -2.52. The molecule has 0 bridgehead atoms. The summed E-state index contributed by atoms with van der Waals surface area (Å²) in [5.41, 5.74) is 0.979. The van der Waals surface area contributed by atoms with E-state index in [2.05, 4.69) is 5.32 Å². The molecule has 32 heavy (non-hydrogen) atoms. The Morgan fingerprint density at radius 1 is 1.06 bits per heavy atom. The van der Waals surface area contributed by atoms with Crippen LogP contribution in [-0.4, -0.2) is 41.7 Å². The van der Waals surface area contributed by atoms with Crippen LogP contribution in [0.2, 0.25) is 0 Å². The van der Waals surface area contributed by atoms with E-state index in [0.717, 1.165) is 41.9 Å². The highest BCUT2D eigenvalue weighted by Crippen LogP contribution is 2.22. The number of carbonyl (C=O) groups is 2. The molecule has 0 unspecified atom stereocenters. The number of nitrogens with one attached hydrogen (secondary N) is 1. The first kappa shape index (κ1) is 24.2. The molecule has 1 N–H and O–H groups in total. The van der Waals surface area contributed by atoms with Crippen LogP contribution in [0.15, 0.2) is 59.5 Å². The molecule has 0 heterocycles. The topological polar surface area (TPSA) is 58.6 Å². The van der Waals surface area contributed by atoms with Gasteiger partial charge in [0.25, 0.3) is 0 Å². The van der Waals surface area contributed by atoms with Crippen molar-refractivity contribution in [2.45, 2.75) is 69.0 Å². The quantitative estimate of drug-likeness (QED) is 0.511. The maximum absolute atomic E-state index is 13.3. The first-order chi connectivity index (χ1) is 15.6. The molecule has 0 radical (unpaired) electrons. The van der Waals surface area contributed by atoms with E-state index in [0.29, 0.717) is 18.7 Å². The molecule has 0 spiro atoms. The Morgan fingerprint density at radius 2 is 1.75 bits per heavy atom. The third kappa shape index (κ3) is 7.02. The predicted octanol–water partition coefficient (Wildman–Crippen LogP) is 5.04. The number of amides is 2. The van der Waals surface area contributed by atoms with E-state index < -0.39 is 6.04 Å². The van der Waals surface area contributed by atoms with Gasteiger partial charge in [-0.05, 0) is 49.1 Å². The SMILES string of the molecule is CC[C@H](C(=O)NC1CCCCC1)N(Cc1ccc(OC)cc1)C(=O)CSc1ccccc1. The van der Waals surface area contributed by atoms with E-state index in [1.165, 1.54) is 18.2 Å². The Morgan fingerprint density at radius 3 is 2.38 bits per heavy atom. The molecule has 1 aliphatic carbocycles. The molecule has 6 heteroatoms. The van der Waals surface area contributed by atoms with Gasteiger partial charge in [-0.3, -0.25) is 9.59 Å². The van der Waals surface area contributed by atoms with Gasteiger partial charge >= 0.3 is 0 Å². The van der Waals surface area contributed by atoms with E-state index in [1.54, 1.807) is 12.0 Å². The summed E-state index contributed by atoms with van der Waals surface area (Å²) < 4.78 is 5.25. The molecule has 5 nitrogen and oxygen atoms in total. The summed E-state index contributed by atoms with van der Waals surface area (Å²) in [4.78, 5) is 29.4. The summed E-state index contributed by atoms with van der Waals surface area (Å²) in [6, 6.07) is 17.3. The molecule has 1 fully saturated rings. The van der Waals surface area contributed by atoms with Gasteiger partial charge in [-0.2, -0.15) is 0 Å². The van der Waals surface area contributed by atoms with Gasteiger partial charge in [-0.1, -0.05) is 56.5 Å². The third-order valence-electron chi connectivity index (χ3n) is 5.95. The smallest absolute Gasteiger partial charge is 0.243 e. The Labute approximate surface area is 195 Å². The van der Waals surface area contributed by atoms with Gasteiger partial charge < -0.3 is 15.0 Å². The number of carbonyl (C=O) groups excluding carboxylic acids is 2. The van der Waals surface area contributed by atoms with E-state index in [9.17, 15) is 9.59 Å². The number of nitrogens with zero attached hydrogens (tertiary/aromatic N) is 1. The minimum absolute atomic E-state index is 0.0275. The standard InChI is InChI=1S/C26H34N2O3S/c1-3-24(26(30)27-21-10-6-4-7-11-21)28(18-20-14-16-22(31-2)17-15-20)25(29)19-32-23-12-8-5-9-13-23/h5,8-9,12-17,21,24H,3-4,6-7,10-11,18-19H2,1-2H3,(H,27,30)/t24-/m1/s1. The largest absolute Gasteiger partial charge is 0.497 e. The molecular weight excluding hydrogens is 420 g/mol. The predicted molar refractivity (Wildman–Crippen MR) is 130 cm³/mol. The second kappa shape index (κ2) is 12.5. The Bertz CT molecular complexity index is 851. The molecule has 2 amide bonds. The fourth-order valence-electron chi connectivity index (χ4n) is 4.14. The third-order valence-corrected chi connectivity index (χ3v) is 6.95. The van der Waals surface area contributed by atoms with Gasteiger partial charge in [0.2, 0.25) is 11.8 Å². The summed E-state index contributed by atoms with van der Waals surface area (Å²) in [6.45, 7) is 2.37. The maximum atomic E-state index is 13.3. The summed E-state index contributed by atoms with van der Waals surface area (Å²) >= 11 is 1.51. The molecular formula is C26H34N2O3S. The average Bonchev–Trinajstić information content (AvgIpc) is 2.84. The number of benzene rings is 2. The monoisotopic (exact) mass is 454 g/mol. The lowest BCUT2D eigenvalue weighted by atomic mass is 9.95. The van der Waals surface area contributed by atoms with Gasteiger partial charge in [0.05, 0.1) is 12.9 Å². The van der Waals surface area contributed by atoms with Crippen molar-refractivity contribution >= 4 is 23.6 Å². The molecule has 2 aromatic rings.